The third-order valence-corrected chi connectivity index (χ3v) is 7.50. The summed E-state index contributed by atoms with van der Waals surface area (Å²) in [6, 6.07) is 12.4. The van der Waals surface area contributed by atoms with Gasteiger partial charge in [0.25, 0.3) is 0 Å². The SMILES string of the molecule is Cc1cc(C(O)CCc2cncc([C@@](O)(c3ccc(C(C)C)cc3)C3(C)CN(C)C3)c2)nn1C. The lowest BCUT2D eigenvalue weighted by Gasteiger charge is -2.56. The molecule has 1 aliphatic heterocycles. The molecule has 0 radical (unpaired) electrons. The van der Waals surface area contributed by atoms with Crippen molar-refractivity contribution in [2.75, 3.05) is 20.1 Å². The molecule has 1 aromatic carbocycles. The van der Waals surface area contributed by atoms with Crippen LogP contribution in [0, 0.1) is 12.3 Å². The molecule has 0 aliphatic carbocycles. The van der Waals surface area contributed by atoms with E-state index in [-0.39, 0.29) is 5.41 Å². The van der Waals surface area contributed by atoms with E-state index in [2.05, 4.69) is 73.1 Å². The average molecular weight is 463 g/mol. The van der Waals surface area contributed by atoms with E-state index < -0.39 is 11.7 Å². The van der Waals surface area contributed by atoms with Crippen LogP contribution in [-0.2, 0) is 19.1 Å². The number of nitrogens with zero attached hydrogens (tertiary/aromatic N) is 4. The Morgan fingerprint density at radius 1 is 1.06 bits per heavy atom. The monoisotopic (exact) mass is 462 g/mol. The molecule has 34 heavy (non-hydrogen) atoms. The van der Waals surface area contributed by atoms with Crippen molar-refractivity contribution in [1.29, 1.82) is 0 Å². The maximum atomic E-state index is 12.4. The van der Waals surface area contributed by atoms with Crippen LogP contribution in [0.5, 0.6) is 0 Å². The molecular weight excluding hydrogens is 424 g/mol. The molecule has 6 heteroatoms. The van der Waals surface area contributed by atoms with Gasteiger partial charge in [-0.3, -0.25) is 9.67 Å². The minimum absolute atomic E-state index is 0.327. The van der Waals surface area contributed by atoms with Crippen molar-refractivity contribution in [3.8, 4) is 0 Å². The van der Waals surface area contributed by atoms with Crippen LogP contribution in [0.1, 0.15) is 72.9 Å². The summed E-state index contributed by atoms with van der Waals surface area (Å²) in [6.07, 6.45) is 4.18. The highest BCUT2D eigenvalue weighted by Gasteiger charge is 2.55. The highest BCUT2D eigenvalue weighted by Crippen LogP contribution is 2.50. The Balaban J connectivity index is 1.63. The first-order chi connectivity index (χ1) is 16.0. The molecule has 0 bridgehead atoms. The lowest BCUT2D eigenvalue weighted by Crippen LogP contribution is -2.63. The predicted molar refractivity (Wildman–Crippen MR) is 135 cm³/mol. The van der Waals surface area contributed by atoms with E-state index in [1.165, 1.54) is 5.56 Å². The van der Waals surface area contributed by atoms with E-state index in [0.717, 1.165) is 35.5 Å². The molecule has 1 fully saturated rings. The number of pyridine rings is 1. The number of aliphatic hydroxyl groups is 2. The van der Waals surface area contributed by atoms with Crippen LogP contribution in [0.3, 0.4) is 0 Å². The fourth-order valence-electron chi connectivity index (χ4n) is 5.37. The molecule has 1 unspecified atom stereocenters. The quantitative estimate of drug-likeness (QED) is 0.527. The first-order valence-electron chi connectivity index (χ1n) is 12.2. The molecule has 3 aromatic rings. The van der Waals surface area contributed by atoms with E-state index in [9.17, 15) is 10.2 Å². The predicted octanol–water partition coefficient (Wildman–Crippen LogP) is 4.10. The number of rotatable bonds is 8. The molecule has 0 amide bonds. The Labute approximate surface area is 203 Å². The van der Waals surface area contributed by atoms with Crippen LogP contribution < -0.4 is 0 Å². The van der Waals surface area contributed by atoms with Crippen molar-refractivity contribution >= 4 is 0 Å². The Morgan fingerprint density at radius 3 is 2.29 bits per heavy atom. The molecule has 2 N–H and O–H groups in total. The molecule has 0 spiro atoms. The smallest absolute Gasteiger partial charge is 0.124 e. The number of aryl methyl sites for hydroxylation is 3. The Morgan fingerprint density at radius 2 is 1.74 bits per heavy atom. The normalized spacial score (nSPS) is 18.5. The van der Waals surface area contributed by atoms with Crippen molar-refractivity contribution in [2.45, 2.75) is 58.2 Å². The standard InChI is InChI=1S/C28H38N4O2/c1-19(2)22-8-10-23(11-9-22)28(34,27(4)17-31(5)18-27)24-14-21(15-29-16-24)7-12-26(33)25-13-20(3)32(6)30-25/h8-11,13-16,19,26,33-34H,7,12,17-18H2,1-6H3/t26?,28-/m0/s1. The van der Waals surface area contributed by atoms with Gasteiger partial charge in [-0.1, -0.05) is 45.0 Å². The second-order valence-electron chi connectivity index (χ2n) is 10.7. The number of benzene rings is 1. The third-order valence-electron chi connectivity index (χ3n) is 7.50. The number of hydrogen-bond acceptors (Lipinski definition) is 5. The van der Waals surface area contributed by atoms with Crippen molar-refractivity contribution in [3.63, 3.8) is 0 Å². The van der Waals surface area contributed by atoms with Crippen LogP contribution in [0.2, 0.25) is 0 Å². The lowest BCUT2D eigenvalue weighted by molar-refractivity contribution is -0.127. The van der Waals surface area contributed by atoms with Gasteiger partial charge < -0.3 is 15.1 Å². The molecule has 182 valence electrons. The highest BCUT2D eigenvalue weighted by molar-refractivity contribution is 5.42. The molecule has 1 saturated heterocycles. The van der Waals surface area contributed by atoms with Crippen molar-refractivity contribution in [3.05, 3.63) is 82.4 Å². The van der Waals surface area contributed by atoms with E-state index in [0.29, 0.717) is 24.5 Å². The second kappa shape index (κ2) is 9.25. The van der Waals surface area contributed by atoms with Crippen LogP contribution in [-0.4, -0.2) is 50.0 Å². The Bertz CT molecular complexity index is 1110. The molecule has 2 aromatic heterocycles. The maximum absolute atomic E-state index is 12.4. The van der Waals surface area contributed by atoms with Gasteiger partial charge in [-0.15, -0.1) is 0 Å². The van der Waals surface area contributed by atoms with Gasteiger partial charge in [-0.25, -0.2) is 0 Å². The van der Waals surface area contributed by atoms with Crippen LogP contribution in [0.4, 0.5) is 0 Å². The van der Waals surface area contributed by atoms with Gasteiger partial charge in [0.05, 0.1) is 11.8 Å². The Kier molecular flexibility index (Phi) is 6.69. The number of aromatic nitrogens is 3. The van der Waals surface area contributed by atoms with Gasteiger partial charge in [0.2, 0.25) is 0 Å². The third kappa shape index (κ3) is 4.42. The minimum Gasteiger partial charge on any atom is -0.387 e. The lowest BCUT2D eigenvalue weighted by atomic mass is 9.62. The number of aliphatic hydroxyl groups excluding tert-OH is 1. The van der Waals surface area contributed by atoms with E-state index in [4.69, 9.17) is 0 Å². The van der Waals surface area contributed by atoms with Crippen molar-refractivity contribution < 1.29 is 10.2 Å². The molecule has 0 saturated carbocycles. The zero-order valence-electron chi connectivity index (χ0n) is 21.3. The Hall–Kier alpha value is -2.54. The molecular formula is C28H38N4O2. The number of likely N-dealkylation sites (tertiary alicyclic amines) is 1. The largest absolute Gasteiger partial charge is 0.387 e. The first kappa shape index (κ1) is 24.6. The van der Waals surface area contributed by atoms with Crippen molar-refractivity contribution in [2.24, 2.45) is 12.5 Å². The fourth-order valence-corrected chi connectivity index (χ4v) is 5.37. The zero-order valence-corrected chi connectivity index (χ0v) is 21.3. The second-order valence-corrected chi connectivity index (χ2v) is 10.7. The van der Waals surface area contributed by atoms with Gasteiger partial charge in [0.1, 0.15) is 5.60 Å². The summed E-state index contributed by atoms with van der Waals surface area (Å²) in [7, 11) is 3.96. The molecule has 1 aliphatic rings. The van der Waals surface area contributed by atoms with Crippen LogP contribution >= 0.6 is 0 Å². The zero-order chi connectivity index (χ0) is 24.7. The first-order valence-corrected chi connectivity index (χ1v) is 12.2. The van der Waals surface area contributed by atoms with E-state index in [1.807, 2.05) is 26.2 Å². The van der Waals surface area contributed by atoms with E-state index >= 15 is 0 Å². The molecule has 4 rings (SSSR count). The molecule has 6 nitrogen and oxygen atoms in total. The van der Waals surface area contributed by atoms with Crippen LogP contribution in [0.25, 0.3) is 0 Å². The summed E-state index contributed by atoms with van der Waals surface area (Å²) in [6.45, 7) is 10.1. The highest BCUT2D eigenvalue weighted by atomic mass is 16.3. The summed E-state index contributed by atoms with van der Waals surface area (Å²) in [5, 5.41) is 27.4. The van der Waals surface area contributed by atoms with Gasteiger partial charge in [0.15, 0.2) is 0 Å². The van der Waals surface area contributed by atoms with Crippen LogP contribution in [0.15, 0.2) is 48.8 Å². The molecule has 3 heterocycles. The van der Waals surface area contributed by atoms with Gasteiger partial charge in [0, 0.05) is 49.2 Å². The van der Waals surface area contributed by atoms with E-state index in [1.54, 1.807) is 10.9 Å². The van der Waals surface area contributed by atoms with Gasteiger partial charge >= 0.3 is 0 Å². The fraction of sp³-hybridized carbons (Fsp3) is 0.500. The average Bonchev–Trinajstić information content (AvgIpc) is 3.14. The van der Waals surface area contributed by atoms with Crippen molar-refractivity contribution in [1.82, 2.24) is 19.7 Å². The summed E-state index contributed by atoms with van der Waals surface area (Å²) in [5.41, 5.74) is 4.18. The molecule has 2 atom stereocenters. The summed E-state index contributed by atoms with van der Waals surface area (Å²) in [4.78, 5) is 6.74. The van der Waals surface area contributed by atoms with Gasteiger partial charge in [-0.2, -0.15) is 5.10 Å². The summed E-state index contributed by atoms with van der Waals surface area (Å²) in [5.74, 6) is 0.437. The topological polar surface area (TPSA) is 74.4 Å². The maximum Gasteiger partial charge on any atom is 0.124 e. The minimum atomic E-state index is -1.16. The summed E-state index contributed by atoms with van der Waals surface area (Å²) < 4.78 is 1.78. The van der Waals surface area contributed by atoms with Gasteiger partial charge in [-0.05, 0) is 61.6 Å². The summed E-state index contributed by atoms with van der Waals surface area (Å²) >= 11 is 0. The number of hydrogen-bond donors (Lipinski definition) is 2.